The summed E-state index contributed by atoms with van der Waals surface area (Å²) in [6, 6.07) is 10.1. The number of carbonyl (C=O) groups excluding carboxylic acids is 1. The van der Waals surface area contributed by atoms with Gasteiger partial charge in [-0.1, -0.05) is 39.7 Å². The van der Waals surface area contributed by atoms with Crippen molar-refractivity contribution >= 4 is 50.9 Å². The summed E-state index contributed by atoms with van der Waals surface area (Å²) < 4.78 is 39.6. The second kappa shape index (κ2) is 6.61. The molecule has 8 heteroatoms. The molecular formula is C16H10BrClF3NOS. The molecule has 1 fully saturated rings. The van der Waals surface area contributed by atoms with Gasteiger partial charge in [-0.05, 0) is 35.9 Å². The number of alkyl halides is 3. The molecule has 0 radical (unpaired) electrons. The third-order valence-corrected chi connectivity index (χ3v) is 5.54. The van der Waals surface area contributed by atoms with E-state index in [0.717, 1.165) is 16.6 Å². The molecule has 1 heterocycles. The normalized spacial score (nSPS) is 18.3. The first-order chi connectivity index (χ1) is 11.3. The maximum atomic E-state index is 12.9. The van der Waals surface area contributed by atoms with Crippen LogP contribution in [-0.2, 0) is 11.0 Å². The fourth-order valence-corrected chi connectivity index (χ4v) is 4.40. The number of hydrogen-bond acceptors (Lipinski definition) is 2. The Balaban J connectivity index is 2.02. The number of anilines is 1. The number of nitrogens with zero attached hydrogens (tertiary/aromatic N) is 1. The Bertz CT molecular complexity index is 799. The summed E-state index contributed by atoms with van der Waals surface area (Å²) in [6.45, 7) is 0. The molecule has 2 nitrogen and oxygen atoms in total. The Morgan fingerprint density at radius 2 is 1.96 bits per heavy atom. The molecule has 2 aromatic rings. The highest BCUT2D eigenvalue weighted by Crippen LogP contribution is 2.45. The minimum absolute atomic E-state index is 0.188. The molecule has 0 spiro atoms. The third-order valence-electron chi connectivity index (χ3n) is 3.54. The molecule has 1 unspecified atom stereocenters. The van der Waals surface area contributed by atoms with Crippen molar-refractivity contribution in [1.82, 2.24) is 0 Å². The summed E-state index contributed by atoms with van der Waals surface area (Å²) in [7, 11) is 0. The Morgan fingerprint density at radius 1 is 1.21 bits per heavy atom. The van der Waals surface area contributed by atoms with E-state index in [2.05, 4.69) is 15.9 Å². The smallest absolute Gasteiger partial charge is 0.294 e. The van der Waals surface area contributed by atoms with Gasteiger partial charge in [0.1, 0.15) is 5.37 Å². The van der Waals surface area contributed by atoms with Gasteiger partial charge >= 0.3 is 6.18 Å². The van der Waals surface area contributed by atoms with Crippen LogP contribution in [0.25, 0.3) is 0 Å². The predicted molar refractivity (Wildman–Crippen MR) is 93.3 cm³/mol. The molecule has 1 saturated heterocycles. The first kappa shape index (κ1) is 17.6. The van der Waals surface area contributed by atoms with Crippen molar-refractivity contribution in [3.63, 3.8) is 0 Å². The van der Waals surface area contributed by atoms with Crippen LogP contribution in [0.3, 0.4) is 0 Å². The standard InChI is InChI=1S/C16H10BrClF3NOS/c17-11-4-5-13(12(18)7-11)22-14(23)8-24-15(22)9-2-1-3-10(6-9)16(19,20)21/h1-7,15H,8H2. The molecule has 126 valence electrons. The zero-order valence-electron chi connectivity index (χ0n) is 12.0. The lowest BCUT2D eigenvalue weighted by molar-refractivity contribution is -0.137. The zero-order valence-corrected chi connectivity index (χ0v) is 15.1. The van der Waals surface area contributed by atoms with Gasteiger partial charge in [0.2, 0.25) is 5.91 Å². The van der Waals surface area contributed by atoms with E-state index in [-0.39, 0.29) is 11.7 Å². The fraction of sp³-hybridized carbons (Fsp3) is 0.188. The van der Waals surface area contributed by atoms with E-state index in [0.29, 0.717) is 16.3 Å². The van der Waals surface area contributed by atoms with Crippen LogP contribution in [0.15, 0.2) is 46.9 Å². The van der Waals surface area contributed by atoms with Crippen molar-refractivity contribution in [3.8, 4) is 0 Å². The van der Waals surface area contributed by atoms with E-state index < -0.39 is 17.1 Å². The number of thioether (sulfide) groups is 1. The van der Waals surface area contributed by atoms with Crippen LogP contribution >= 0.6 is 39.3 Å². The van der Waals surface area contributed by atoms with Crippen molar-refractivity contribution in [3.05, 3.63) is 63.1 Å². The van der Waals surface area contributed by atoms with Crippen LogP contribution in [-0.4, -0.2) is 11.7 Å². The Hall–Kier alpha value is -1.18. The van der Waals surface area contributed by atoms with E-state index in [1.807, 2.05) is 0 Å². The predicted octanol–water partition coefficient (Wildman–Crippen LogP) is 5.90. The highest BCUT2D eigenvalue weighted by molar-refractivity contribution is 9.10. The van der Waals surface area contributed by atoms with Gasteiger partial charge in [0.25, 0.3) is 0 Å². The van der Waals surface area contributed by atoms with E-state index in [1.165, 1.54) is 22.7 Å². The number of carbonyl (C=O) groups is 1. The van der Waals surface area contributed by atoms with Crippen LogP contribution in [0.1, 0.15) is 16.5 Å². The molecule has 0 aromatic heterocycles. The lowest BCUT2D eigenvalue weighted by Crippen LogP contribution is -2.28. The van der Waals surface area contributed by atoms with Gasteiger partial charge in [-0.3, -0.25) is 9.69 Å². The largest absolute Gasteiger partial charge is 0.416 e. The van der Waals surface area contributed by atoms with Gasteiger partial charge < -0.3 is 0 Å². The lowest BCUT2D eigenvalue weighted by atomic mass is 10.1. The third kappa shape index (κ3) is 3.43. The quantitative estimate of drug-likeness (QED) is 0.584. The number of hydrogen-bond donors (Lipinski definition) is 0. The Labute approximate surface area is 154 Å². The van der Waals surface area contributed by atoms with E-state index in [1.54, 1.807) is 24.3 Å². The summed E-state index contributed by atoms with van der Waals surface area (Å²) in [5, 5.41) is -0.185. The first-order valence-electron chi connectivity index (χ1n) is 6.83. The molecule has 1 aliphatic heterocycles. The highest BCUT2D eigenvalue weighted by Gasteiger charge is 2.37. The van der Waals surface area contributed by atoms with Gasteiger partial charge in [0.05, 0.1) is 22.0 Å². The van der Waals surface area contributed by atoms with Crippen LogP contribution in [0.5, 0.6) is 0 Å². The van der Waals surface area contributed by atoms with Crippen LogP contribution in [0.4, 0.5) is 18.9 Å². The van der Waals surface area contributed by atoms with Crippen molar-refractivity contribution < 1.29 is 18.0 Å². The van der Waals surface area contributed by atoms with E-state index in [4.69, 9.17) is 11.6 Å². The lowest BCUT2D eigenvalue weighted by Gasteiger charge is -2.26. The Kier molecular flexibility index (Phi) is 4.86. The fourth-order valence-electron chi connectivity index (χ4n) is 2.48. The highest BCUT2D eigenvalue weighted by atomic mass is 79.9. The molecule has 0 aliphatic carbocycles. The maximum absolute atomic E-state index is 12.9. The SMILES string of the molecule is O=C1CSC(c2cccc(C(F)(F)F)c2)N1c1ccc(Br)cc1Cl. The average molecular weight is 437 g/mol. The van der Waals surface area contributed by atoms with Crippen molar-refractivity contribution in [2.75, 3.05) is 10.7 Å². The van der Waals surface area contributed by atoms with Gasteiger partial charge in [-0.2, -0.15) is 13.2 Å². The average Bonchev–Trinajstić information content (AvgIpc) is 2.88. The molecule has 1 amide bonds. The van der Waals surface area contributed by atoms with Crippen molar-refractivity contribution in [2.24, 2.45) is 0 Å². The topological polar surface area (TPSA) is 20.3 Å². The van der Waals surface area contributed by atoms with Crippen LogP contribution in [0.2, 0.25) is 5.02 Å². The summed E-state index contributed by atoms with van der Waals surface area (Å²) in [4.78, 5) is 13.7. The molecule has 2 aromatic carbocycles. The second-order valence-corrected chi connectivity index (χ2v) is 7.54. The van der Waals surface area contributed by atoms with Crippen molar-refractivity contribution in [1.29, 1.82) is 0 Å². The summed E-state index contributed by atoms with van der Waals surface area (Å²) >= 11 is 10.8. The molecular weight excluding hydrogens is 427 g/mol. The molecule has 0 bridgehead atoms. The van der Waals surface area contributed by atoms with Gasteiger partial charge in [-0.15, -0.1) is 11.8 Å². The number of amides is 1. The second-order valence-electron chi connectivity index (χ2n) is 5.15. The molecule has 1 aliphatic rings. The summed E-state index contributed by atoms with van der Waals surface area (Å²) in [5.74, 6) is -0.000499. The van der Waals surface area contributed by atoms with Gasteiger partial charge in [-0.25, -0.2) is 0 Å². The van der Waals surface area contributed by atoms with E-state index >= 15 is 0 Å². The summed E-state index contributed by atoms with van der Waals surface area (Å²) in [6.07, 6.45) is -4.43. The molecule has 3 rings (SSSR count). The Morgan fingerprint density at radius 3 is 2.62 bits per heavy atom. The molecule has 24 heavy (non-hydrogen) atoms. The van der Waals surface area contributed by atoms with Gasteiger partial charge in [0.15, 0.2) is 0 Å². The molecule has 0 saturated carbocycles. The zero-order chi connectivity index (χ0) is 17.5. The molecule has 0 N–H and O–H groups in total. The summed E-state index contributed by atoms with van der Waals surface area (Å²) in [5.41, 5.74) is 0.166. The minimum Gasteiger partial charge on any atom is -0.294 e. The first-order valence-corrected chi connectivity index (χ1v) is 9.05. The van der Waals surface area contributed by atoms with Gasteiger partial charge in [0, 0.05) is 4.47 Å². The van der Waals surface area contributed by atoms with Crippen LogP contribution in [0, 0.1) is 0 Å². The van der Waals surface area contributed by atoms with E-state index in [9.17, 15) is 18.0 Å². The van der Waals surface area contributed by atoms with Crippen molar-refractivity contribution in [2.45, 2.75) is 11.6 Å². The number of benzene rings is 2. The minimum atomic E-state index is -4.43. The maximum Gasteiger partial charge on any atom is 0.416 e. The number of rotatable bonds is 2. The number of halogens is 5. The monoisotopic (exact) mass is 435 g/mol. The van der Waals surface area contributed by atoms with Crippen LogP contribution < -0.4 is 4.90 Å². The molecule has 1 atom stereocenters.